The van der Waals surface area contributed by atoms with Gasteiger partial charge in [0.2, 0.25) is 0 Å². The van der Waals surface area contributed by atoms with Crippen LogP contribution in [0.5, 0.6) is 0 Å². The Balaban J connectivity index is 1.73. The number of hydrogen-bond acceptors (Lipinski definition) is 4. The molecule has 1 aliphatic heterocycles. The van der Waals surface area contributed by atoms with Crippen molar-refractivity contribution in [3.8, 4) is 0 Å². The molecule has 0 saturated carbocycles. The van der Waals surface area contributed by atoms with Crippen molar-refractivity contribution in [2.45, 2.75) is 25.8 Å². The Morgan fingerprint density at radius 2 is 1.80 bits per heavy atom. The molecule has 0 bridgehead atoms. The fourth-order valence-corrected chi connectivity index (χ4v) is 3.80. The molecule has 7 nitrogen and oxygen atoms in total. The second-order valence-corrected chi connectivity index (χ2v) is 7.93. The number of nitrogens with one attached hydrogen (secondary N) is 2. The minimum Gasteiger partial charge on any atom is -0.355 e. The van der Waals surface area contributed by atoms with Gasteiger partial charge in [-0.1, -0.05) is 30.3 Å². The lowest BCUT2D eigenvalue weighted by Gasteiger charge is -2.28. The summed E-state index contributed by atoms with van der Waals surface area (Å²) in [4.78, 5) is 40.0. The van der Waals surface area contributed by atoms with Crippen molar-refractivity contribution in [1.29, 1.82) is 0 Å². The molecule has 1 fully saturated rings. The van der Waals surface area contributed by atoms with Gasteiger partial charge < -0.3 is 20.1 Å². The zero-order valence-electron chi connectivity index (χ0n) is 17.7. The molecule has 30 heavy (non-hydrogen) atoms. The summed E-state index contributed by atoms with van der Waals surface area (Å²) in [5.74, 6) is -0.146. The number of carbonyl (C=O) groups excluding carboxylic acids is 2. The van der Waals surface area contributed by atoms with Crippen molar-refractivity contribution < 1.29 is 9.59 Å². The summed E-state index contributed by atoms with van der Waals surface area (Å²) < 4.78 is 1.42. The molecule has 2 amide bonds. The van der Waals surface area contributed by atoms with Gasteiger partial charge in [-0.15, -0.1) is 0 Å². The van der Waals surface area contributed by atoms with Gasteiger partial charge in [0, 0.05) is 19.8 Å². The summed E-state index contributed by atoms with van der Waals surface area (Å²) in [5.41, 5.74) is 0.785. The monoisotopic (exact) mass is 410 g/mol. The maximum atomic E-state index is 12.8. The van der Waals surface area contributed by atoms with Crippen LogP contribution in [-0.2, 0) is 6.54 Å². The summed E-state index contributed by atoms with van der Waals surface area (Å²) in [6, 6.07) is 10.9. The molecule has 7 heteroatoms. The van der Waals surface area contributed by atoms with Crippen LogP contribution < -0.4 is 16.2 Å². The van der Waals surface area contributed by atoms with Crippen LogP contribution in [0.3, 0.4) is 0 Å². The number of amides is 2. The highest BCUT2D eigenvalue weighted by Crippen LogP contribution is 2.18. The molecule has 1 aromatic heterocycles. The third-order valence-corrected chi connectivity index (χ3v) is 5.69. The number of benzene rings is 1. The molecular formula is C23H30N4O3. The maximum absolute atomic E-state index is 12.8. The smallest absolute Gasteiger partial charge is 0.263 e. The van der Waals surface area contributed by atoms with Crippen molar-refractivity contribution in [2.24, 2.45) is 5.92 Å². The molecule has 2 aromatic rings. The van der Waals surface area contributed by atoms with E-state index in [-0.39, 0.29) is 11.5 Å². The number of piperidine rings is 1. The van der Waals surface area contributed by atoms with E-state index in [1.54, 1.807) is 0 Å². The fourth-order valence-electron chi connectivity index (χ4n) is 3.80. The van der Waals surface area contributed by atoms with E-state index in [0.717, 1.165) is 37.9 Å². The summed E-state index contributed by atoms with van der Waals surface area (Å²) in [5, 5.41) is 5.43. The topological polar surface area (TPSA) is 83.4 Å². The lowest BCUT2D eigenvalue weighted by atomic mass is 9.94. The van der Waals surface area contributed by atoms with Crippen molar-refractivity contribution in [2.75, 3.05) is 33.7 Å². The second kappa shape index (κ2) is 10.2. The maximum Gasteiger partial charge on any atom is 0.263 e. The van der Waals surface area contributed by atoms with Crippen molar-refractivity contribution in [1.82, 2.24) is 20.1 Å². The van der Waals surface area contributed by atoms with Crippen LogP contribution in [0.1, 0.15) is 45.5 Å². The summed E-state index contributed by atoms with van der Waals surface area (Å²) >= 11 is 0. The van der Waals surface area contributed by atoms with Gasteiger partial charge in [-0.3, -0.25) is 14.4 Å². The SMILES string of the molecule is CNC(=O)c1cc(C(=O)NCCC2CCN(C)CC2)cn(Cc2ccccc2)c1=O. The number of likely N-dealkylation sites (tertiary alicyclic amines) is 1. The molecule has 1 aliphatic rings. The molecule has 0 aliphatic carbocycles. The Hall–Kier alpha value is -2.93. The number of aromatic nitrogens is 1. The van der Waals surface area contributed by atoms with Crippen LogP contribution in [0.15, 0.2) is 47.4 Å². The zero-order chi connectivity index (χ0) is 21.5. The Kier molecular flexibility index (Phi) is 7.41. The lowest BCUT2D eigenvalue weighted by molar-refractivity contribution is 0.0948. The highest BCUT2D eigenvalue weighted by atomic mass is 16.2. The van der Waals surface area contributed by atoms with Crippen LogP contribution in [0, 0.1) is 5.92 Å². The van der Waals surface area contributed by atoms with Gasteiger partial charge in [0.25, 0.3) is 17.4 Å². The summed E-state index contributed by atoms with van der Waals surface area (Å²) in [6.07, 6.45) is 4.77. The van der Waals surface area contributed by atoms with E-state index in [4.69, 9.17) is 0 Å². The van der Waals surface area contributed by atoms with E-state index in [1.807, 2.05) is 30.3 Å². The van der Waals surface area contributed by atoms with E-state index in [1.165, 1.54) is 23.9 Å². The van der Waals surface area contributed by atoms with Gasteiger partial charge >= 0.3 is 0 Å². The first-order valence-electron chi connectivity index (χ1n) is 10.4. The average molecular weight is 411 g/mol. The molecule has 2 N–H and O–H groups in total. The normalized spacial score (nSPS) is 15.0. The van der Waals surface area contributed by atoms with Crippen LogP contribution in [-0.4, -0.2) is 55.0 Å². The number of hydrogen-bond donors (Lipinski definition) is 2. The fraction of sp³-hybridized carbons (Fsp3) is 0.435. The first-order valence-corrected chi connectivity index (χ1v) is 10.4. The average Bonchev–Trinajstić information content (AvgIpc) is 2.76. The van der Waals surface area contributed by atoms with Gasteiger partial charge in [0.05, 0.1) is 12.1 Å². The third-order valence-electron chi connectivity index (χ3n) is 5.69. The number of rotatable bonds is 7. The molecule has 0 unspecified atom stereocenters. The summed E-state index contributed by atoms with van der Waals surface area (Å²) in [6.45, 7) is 3.07. The molecule has 0 spiro atoms. The Morgan fingerprint density at radius 1 is 1.10 bits per heavy atom. The summed E-state index contributed by atoms with van der Waals surface area (Å²) in [7, 11) is 3.60. The predicted molar refractivity (Wildman–Crippen MR) is 117 cm³/mol. The van der Waals surface area contributed by atoms with Crippen molar-refractivity contribution in [3.63, 3.8) is 0 Å². The van der Waals surface area contributed by atoms with Gasteiger partial charge in [0.1, 0.15) is 5.56 Å². The van der Waals surface area contributed by atoms with E-state index >= 15 is 0 Å². The highest BCUT2D eigenvalue weighted by Gasteiger charge is 2.19. The second-order valence-electron chi connectivity index (χ2n) is 7.93. The zero-order valence-corrected chi connectivity index (χ0v) is 17.7. The van der Waals surface area contributed by atoms with Crippen LogP contribution in [0.25, 0.3) is 0 Å². The van der Waals surface area contributed by atoms with E-state index < -0.39 is 11.5 Å². The predicted octanol–water partition coefficient (Wildman–Crippen LogP) is 1.72. The van der Waals surface area contributed by atoms with Crippen molar-refractivity contribution in [3.05, 3.63) is 69.6 Å². The third kappa shape index (κ3) is 5.57. The van der Waals surface area contributed by atoms with Crippen molar-refractivity contribution >= 4 is 11.8 Å². The molecule has 0 atom stereocenters. The molecular weight excluding hydrogens is 380 g/mol. The first-order chi connectivity index (χ1) is 14.5. The van der Waals surface area contributed by atoms with Crippen LogP contribution in [0.4, 0.5) is 0 Å². The van der Waals surface area contributed by atoms with Gasteiger partial charge in [-0.05, 0) is 56.9 Å². The molecule has 1 saturated heterocycles. The Labute approximate surface area is 177 Å². The molecule has 2 heterocycles. The van der Waals surface area contributed by atoms with E-state index in [0.29, 0.717) is 24.6 Å². The quantitative estimate of drug-likeness (QED) is 0.728. The Bertz CT molecular complexity index is 931. The highest BCUT2D eigenvalue weighted by molar-refractivity contribution is 5.99. The first kappa shape index (κ1) is 21.8. The molecule has 1 aromatic carbocycles. The minimum absolute atomic E-state index is 0.0311. The molecule has 0 radical (unpaired) electrons. The van der Waals surface area contributed by atoms with Gasteiger partial charge in [-0.25, -0.2) is 0 Å². The van der Waals surface area contributed by atoms with Crippen LogP contribution in [0.2, 0.25) is 0 Å². The minimum atomic E-state index is -0.497. The van der Waals surface area contributed by atoms with E-state index in [9.17, 15) is 14.4 Å². The Morgan fingerprint density at radius 3 is 2.47 bits per heavy atom. The standard InChI is InChI=1S/C23H30N4O3/c1-24-22(29)20-14-19(16-27(23(20)30)15-18-6-4-3-5-7-18)21(28)25-11-8-17-9-12-26(2)13-10-17/h3-7,14,16-17H,8-13,15H2,1-2H3,(H,24,29)(H,25,28). The lowest BCUT2D eigenvalue weighted by Crippen LogP contribution is -2.35. The number of pyridine rings is 1. The number of carbonyl (C=O) groups is 2. The van der Waals surface area contributed by atoms with Gasteiger partial charge in [0.15, 0.2) is 0 Å². The van der Waals surface area contributed by atoms with Crippen LogP contribution >= 0.6 is 0 Å². The largest absolute Gasteiger partial charge is 0.355 e. The van der Waals surface area contributed by atoms with Gasteiger partial charge in [-0.2, -0.15) is 0 Å². The molecule has 160 valence electrons. The molecule has 3 rings (SSSR count). The van der Waals surface area contributed by atoms with E-state index in [2.05, 4.69) is 22.6 Å². The number of nitrogens with zero attached hydrogens (tertiary/aromatic N) is 2.